The highest BCUT2D eigenvalue weighted by atomic mass is 32.2. The van der Waals surface area contributed by atoms with Gasteiger partial charge >= 0.3 is 0 Å². The van der Waals surface area contributed by atoms with Gasteiger partial charge in [0.25, 0.3) is 11.5 Å². The number of amides is 1. The van der Waals surface area contributed by atoms with Gasteiger partial charge in [-0.3, -0.25) is 14.5 Å². The Morgan fingerprint density at radius 2 is 1.82 bits per heavy atom. The van der Waals surface area contributed by atoms with E-state index in [1.807, 2.05) is 61.5 Å². The van der Waals surface area contributed by atoms with Crippen molar-refractivity contribution in [1.29, 1.82) is 0 Å². The highest BCUT2D eigenvalue weighted by Gasteiger charge is 2.34. The summed E-state index contributed by atoms with van der Waals surface area (Å²) in [5.41, 5.74) is 1.64. The van der Waals surface area contributed by atoms with Gasteiger partial charge < -0.3 is 10.1 Å². The zero-order valence-corrected chi connectivity index (χ0v) is 20.3. The normalized spacial score (nSPS) is 14.7. The maximum atomic E-state index is 13.1. The minimum Gasteiger partial charge on any atom is -0.492 e. The minimum absolute atomic E-state index is 0.261. The molecular formula is C23H20N4O3S3. The molecule has 1 aliphatic heterocycles. The first-order chi connectivity index (χ1) is 15.9. The smallest absolute Gasteiger partial charge is 0.272 e. The summed E-state index contributed by atoms with van der Waals surface area (Å²) in [7, 11) is 0. The molecule has 7 nitrogen and oxygen atoms in total. The number of hydrogen-bond acceptors (Lipinski definition) is 6. The number of hydrogen-bond donors (Lipinski definition) is 1. The Balaban J connectivity index is 1.68. The lowest BCUT2D eigenvalue weighted by Crippen LogP contribution is -2.30. The number of anilines is 2. The highest BCUT2D eigenvalue weighted by molar-refractivity contribution is 8.27. The van der Waals surface area contributed by atoms with Gasteiger partial charge in [0.15, 0.2) is 9.43 Å². The first-order valence-corrected chi connectivity index (χ1v) is 11.7. The summed E-state index contributed by atoms with van der Waals surface area (Å²) in [6, 6.07) is 18.0. The third-order valence-electron chi connectivity index (χ3n) is 4.78. The van der Waals surface area contributed by atoms with Crippen molar-refractivity contribution in [2.24, 2.45) is 0 Å². The first-order valence-electron chi connectivity index (χ1n) is 10.1. The molecule has 4 rings (SSSR count). The second kappa shape index (κ2) is 9.74. The molecule has 0 atom stereocenters. The molecule has 0 radical (unpaired) electrons. The number of thioether (sulfide) groups is 1. The third-order valence-corrected chi connectivity index (χ3v) is 6.34. The Morgan fingerprint density at radius 1 is 1.12 bits per heavy atom. The van der Waals surface area contributed by atoms with Crippen molar-refractivity contribution >= 4 is 69.1 Å². The van der Waals surface area contributed by atoms with Gasteiger partial charge in [-0.1, -0.05) is 54.3 Å². The summed E-state index contributed by atoms with van der Waals surface area (Å²) in [5.74, 6) is 0.346. The predicted octanol–water partition coefficient (Wildman–Crippen LogP) is 4.47. The Labute approximate surface area is 205 Å². The van der Waals surface area contributed by atoms with Crippen LogP contribution in [-0.4, -0.2) is 31.3 Å². The van der Waals surface area contributed by atoms with Crippen LogP contribution in [0.1, 0.15) is 12.6 Å². The Bertz CT molecular complexity index is 1330. The monoisotopic (exact) mass is 496 g/mol. The predicted molar refractivity (Wildman–Crippen MR) is 141 cm³/mol. The molecular weight excluding hydrogens is 476 g/mol. The number of ether oxygens (including phenoxy) is 1. The molecule has 168 valence electrons. The maximum Gasteiger partial charge on any atom is 0.272 e. The minimum atomic E-state index is -0.320. The fourth-order valence-electron chi connectivity index (χ4n) is 3.34. The molecule has 1 aromatic heterocycles. The number of benzene rings is 2. The van der Waals surface area contributed by atoms with Gasteiger partial charge in [0.1, 0.15) is 5.75 Å². The van der Waals surface area contributed by atoms with Crippen molar-refractivity contribution < 1.29 is 9.53 Å². The van der Waals surface area contributed by atoms with Crippen LogP contribution in [0.5, 0.6) is 5.75 Å². The van der Waals surface area contributed by atoms with E-state index in [2.05, 4.69) is 5.32 Å². The van der Waals surface area contributed by atoms with Gasteiger partial charge in [0.2, 0.25) is 0 Å². The van der Waals surface area contributed by atoms with Crippen molar-refractivity contribution in [3.63, 3.8) is 0 Å². The van der Waals surface area contributed by atoms with E-state index < -0.39 is 0 Å². The Hall–Kier alpha value is -3.21. The molecule has 0 spiro atoms. The molecule has 2 heterocycles. The maximum absolute atomic E-state index is 13.1. The summed E-state index contributed by atoms with van der Waals surface area (Å²) in [6.07, 6.45) is 1.47. The molecule has 1 N–H and O–H groups in total. The SMILES string of the molecule is CCOc1ccccc1NC(=S)n1c(C)cc(=O)n1/C=C1\SC(=S)N(c2ccccc2)C1=O. The number of aromatic nitrogens is 2. The number of nitrogens with zero attached hydrogens (tertiary/aromatic N) is 3. The molecule has 1 aliphatic rings. The van der Waals surface area contributed by atoms with Crippen LogP contribution in [0.25, 0.3) is 6.20 Å². The zero-order chi connectivity index (χ0) is 23.5. The molecule has 1 amide bonds. The molecule has 0 bridgehead atoms. The van der Waals surface area contributed by atoms with E-state index in [9.17, 15) is 9.59 Å². The van der Waals surface area contributed by atoms with Crippen molar-refractivity contribution in [3.05, 3.63) is 81.6 Å². The fourth-order valence-corrected chi connectivity index (χ4v) is 4.94. The Kier molecular flexibility index (Phi) is 6.77. The van der Waals surface area contributed by atoms with Gasteiger partial charge in [0, 0.05) is 11.8 Å². The molecule has 0 saturated carbocycles. The zero-order valence-electron chi connectivity index (χ0n) is 17.8. The van der Waals surface area contributed by atoms with Crippen LogP contribution in [0.3, 0.4) is 0 Å². The number of aryl methyl sites for hydroxylation is 1. The fraction of sp³-hybridized carbons (Fsp3) is 0.130. The molecule has 0 unspecified atom stereocenters. The number of para-hydroxylation sites is 3. The van der Waals surface area contributed by atoms with Crippen molar-refractivity contribution in [2.75, 3.05) is 16.8 Å². The quantitative estimate of drug-likeness (QED) is 0.413. The van der Waals surface area contributed by atoms with E-state index in [1.165, 1.54) is 26.5 Å². The molecule has 10 heteroatoms. The Morgan fingerprint density at radius 3 is 2.55 bits per heavy atom. The van der Waals surface area contributed by atoms with Crippen molar-refractivity contribution in [3.8, 4) is 5.75 Å². The number of thiocarbonyl (C=S) groups is 2. The van der Waals surface area contributed by atoms with E-state index in [1.54, 1.807) is 6.92 Å². The van der Waals surface area contributed by atoms with Crippen LogP contribution in [0.2, 0.25) is 0 Å². The van der Waals surface area contributed by atoms with Crippen molar-refractivity contribution in [2.45, 2.75) is 13.8 Å². The van der Waals surface area contributed by atoms with Crippen LogP contribution >= 0.6 is 36.2 Å². The molecule has 3 aromatic rings. The molecule has 33 heavy (non-hydrogen) atoms. The van der Waals surface area contributed by atoms with Crippen LogP contribution in [0.4, 0.5) is 11.4 Å². The van der Waals surface area contributed by atoms with E-state index in [4.69, 9.17) is 29.2 Å². The average molecular weight is 497 g/mol. The number of carbonyl (C=O) groups excluding carboxylic acids is 1. The van der Waals surface area contributed by atoms with Crippen LogP contribution in [0, 0.1) is 6.92 Å². The lowest BCUT2D eigenvalue weighted by Gasteiger charge is -2.16. The van der Waals surface area contributed by atoms with E-state index in [-0.39, 0.29) is 16.6 Å². The van der Waals surface area contributed by atoms with Gasteiger partial charge in [-0.25, -0.2) is 9.36 Å². The van der Waals surface area contributed by atoms with Gasteiger partial charge in [-0.05, 0) is 50.3 Å². The second-order valence-electron chi connectivity index (χ2n) is 6.98. The highest BCUT2D eigenvalue weighted by Crippen LogP contribution is 2.35. The average Bonchev–Trinajstić information content (AvgIpc) is 3.24. The summed E-state index contributed by atoms with van der Waals surface area (Å²) < 4.78 is 8.89. The topological polar surface area (TPSA) is 68.5 Å². The van der Waals surface area contributed by atoms with Crippen LogP contribution in [-0.2, 0) is 4.79 Å². The third kappa shape index (κ3) is 4.63. The van der Waals surface area contributed by atoms with E-state index in [0.717, 1.165) is 11.8 Å². The van der Waals surface area contributed by atoms with Crippen LogP contribution < -0.4 is 20.5 Å². The first kappa shape index (κ1) is 23.0. The summed E-state index contributed by atoms with van der Waals surface area (Å²) in [6.45, 7) is 4.17. The van der Waals surface area contributed by atoms with Gasteiger partial charge in [-0.2, -0.15) is 0 Å². The number of carbonyl (C=O) groups is 1. The second-order valence-corrected chi connectivity index (χ2v) is 9.04. The van der Waals surface area contributed by atoms with E-state index >= 15 is 0 Å². The number of nitrogens with one attached hydrogen (secondary N) is 1. The lowest BCUT2D eigenvalue weighted by atomic mass is 10.3. The van der Waals surface area contributed by atoms with Crippen molar-refractivity contribution in [1.82, 2.24) is 9.36 Å². The largest absolute Gasteiger partial charge is 0.492 e. The summed E-state index contributed by atoms with van der Waals surface area (Å²) in [5, 5.41) is 3.40. The number of rotatable bonds is 5. The molecule has 0 aliphatic carbocycles. The summed E-state index contributed by atoms with van der Waals surface area (Å²) in [4.78, 5) is 27.6. The van der Waals surface area contributed by atoms with Crippen LogP contribution in [0.15, 0.2) is 70.4 Å². The molecule has 1 fully saturated rings. The van der Waals surface area contributed by atoms with E-state index in [0.29, 0.717) is 38.7 Å². The van der Waals surface area contributed by atoms with Gasteiger partial charge in [0.05, 0.1) is 29.1 Å². The summed E-state index contributed by atoms with van der Waals surface area (Å²) >= 11 is 12.2. The van der Waals surface area contributed by atoms with Gasteiger partial charge in [-0.15, -0.1) is 0 Å². The molecule has 1 saturated heterocycles. The standard InChI is InChI=1S/C23H20N4O3S3/c1-3-30-18-12-8-7-11-17(18)24-22(31)27-15(2)13-20(28)25(27)14-19-21(29)26(23(32)33-19)16-9-5-4-6-10-16/h4-14H,3H2,1-2H3,(H,24,31)/b19-14-. The lowest BCUT2D eigenvalue weighted by molar-refractivity contribution is -0.113. The molecule has 2 aromatic carbocycles.